The Morgan fingerprint density at radius 2 is 1.78 bits per heavy atom. The molecule has 6 rings (SSSR count). The topological polar surface area (TPSA) is 57.3 Å². The van der Waals surface area contributed by atoms with Crippen molar-refractivity contribution in [2.45, 2.75) is 19.5 Å². The van der Waals surface area contributed by atoms with E-state index >= 15 is 0 Å². The van der Waals surface area contributed by atoms with Gasteiger partial charge in [-0.15, -0.1) is 0 Å². The quantitative estimate of drug-likeness (QED) is 0.535. The summed E-state index contributed by atoms with van der Waals surface area (Å²) in [6, 6.07) is 19.4. The molecular formula is C26H27N5O. The molecule has 1 fully saturated rings. The van der Waals surface area contributed by atoms with Crippen LogP contribution < -0.4 is 4.90 Å². The highest BCUT2D eigenvalue weighted by Gasteiger charge is 2.20. The highest BCUT2D eigenvalue weighted by atomic mass is 16.5. The van der Waals surface area contributed by atoms with E-state index in [0.29, 0.717) is 0 Å². The maximum atomic E-state index is 5.57. The number of anilines is 1. The van der Waals surface area contributed by atoms with Crippen molar-refractivity contribution < 1.29 is 4.74 Å². The van der Waals surface area contributed by atoms with E-state index < -0.39 is 0 Å². The molecule has 4 aromatic rings. The van der Waals surface area contributed by atoms with Gasteiger partial charge in [0.2, 0.25) is 0 Å². The number of ether oxygens (including phenoxy) is 1. The zero-order chi connectivity index (χ0) is 21.3. The second-order valence-electron chi connectivity index (χ2n) is 8.60. The number of aromatic nitrogens is 3. The van der Waals surface area contributed by atoms with Crippen LogP contribution in [0, 0.1) is 0 Å². The summed E-state index contributed by atoms with van der Waals surface area (Å²) in [5.41, 5.74) is 6.14. The van der Waals surface area contributed by atoms with E-state index in [-0.39, 0.29) is 0 Å². The Labute approximate surface area is 187 Å². The van der Waals surface area contributed by atoms with Crippen LogP contribution in [-0.2, 0) is 24.2 Å². The summed E-state index contributed by atoms with van der Waals surface area (Å²) in [6.07, 6.45) is 3.07. The lowest BCUT2D eigenvalue weighted by molar-refractivity contribution is 0.122. The molecule has 2 aliphatic rings. The van der Waals surface area contributed by atoms with Gasteiger partial charge in [-0.05, 0) is 29.7 Å². The number of benzene rings is 2. The van der Waals surface area contributed by atoms with Crippen LogP contribution in [-0.4, -0.2) is 52.7 Å². The van der Waals surface area contributed by atoms with Gasteiger partial charge in [0.1, 0.15) is 11.6 Å². The van der Waals surface area contributed by atoms with Crippen LogP contribution >= 0.6 is 0 Å². The van der Waals surface area contributed by atoms with Crippen molar-refractivity contribution >= 4 is 16.7 Å². The number of hydrogen-bond donors (Lipinski definition) is 1. The lowest BCUT2D eigenvalue weighted by Crippen LogP contribution is -2.37. The number of H-pyrrole nitrogens is 1. The molecule has 4 heterocycles. The van der Waals surface area contributed by atoms with Gasteiger partial charge in [-0.3, -0.25) is 4.90 Å². The predicted molar refractivity (Wildman–Crippen MR) is 127 cm³/mol. The third-order valence-electron chi connectivity index (χ3n) is 6.54. The maximum Gasteiger partial charge on any atom is 0.145 e. The van der Waals surface area contributed by atoms with E-state index in [1.165, 1.54) is 16.5 Å². The highest BCUT2D eigenvalue weighted by Crippen LogP contribution is 2.30. The normalized spacial score (nSPS) is 16.9. The molecule has 162 valence electrons. The summed E-state index contributed by atoms with van der Waals surface area (Å²) in [5, 5.41) is 1.19. The molecule has 0 bridgehead atoms. The maximum absolute atomic E-state index is 5.57. The first-order valence-corrected chi connectivity index (χ1v) is 11.4. The van der Waals surface area contributed by atoms with E-state index in [0.717, 1.165) is 80.8 Å². The fourth-order valence-corrected chi connectivity index (χ4v) is 4.84. The third-order valence-corrected chi connectivity index (χ3v) is 6.54. The SMILES string of the molecule is c1ccc2c(c1)CCN(Cc1nc(-c3cccc4[nH]ccc34)cc(N3CCOCC3)n1)C2. The van der Waals surface area contributed by atoms with Crippen LogP contribution in [0.4, 0.5) is 5.82 Å². The lowest BCUT2D eigenvalue weighted by atomic mass is 10.00. The van der Waals surface area contributed by atoms with E-state index in [9.17, 15) is 0 Å². The minimum atomic E-state index is 0.741. The van der Waals surface area contributed by atoms with Crippen molar-refractivity contribution in [2.75, 3.05) is 37.7 Å². The number of nitrogens with zero attached hydrogens (tertiary/aromatic N) is 4. The number of rotatable bonds is 4. The van der Waals surface area contributed by atoms with E-state index in [2.05, 4.69) is 69.4 Å². The molecule has 2 aromatic carbocycles. The minimum absolute atomic E-state index is 0.741. The first kappa shape index (κ1) is 19.5. The van der Waals surface area contributed by atoms with Crippen molar-refractivity contribution in [1.29, 1.82) is 0 Å². The number of fused-ring (bicyclic) bond motifs is 2. The van der Waals surface area contributed by atoms with Crippen LogP contribution in [0.3, 0.4) is 0 Å². The molecule has 0 spiro atoms. The van der Waals surface area contributed by atoms with E-state index in [4.69, 9.17) is 14.7 Å². The predicted octanol–water partition coefficient (Wildman–Crippen LogP) is 4.02. The Balaban J connectivity index is 1.37. The molecule has 0 aliphatic carbocycles. The number of nitrogens with one attached hydrogen (secondary N) is 1. The fraction of sp³-hybridized carbons (Fsp3) is 0.308. The second kappa shape index (κ2) is 8.37. The minimum Gasteiger partial charge on any atom is -0.378 e. The van der Waals surface area contributed by atoms with Gasteiger partial charge in [-0.25, -0.2) is 9.97 Å². The summed E-state index contributed by atoms with van der Waals surface area (Å²) in [6.45, 7) is 5.94. The smallest absolute Gasteiger partial charge is 0.145 e. The molecule has 0 radical (unpaired) electrons. The average Bonchev–Trinajstić information content (AvgIpc) is 3.33. The standard InChI is InChI=1S/C26H27N5O/c1-2-5-20-17-30(11-9-19(20)4-1)18-25-28-24(16-26(29-25)31-12-14-32-15-13-31)21-6-3-7-23-22(21)8-10-27-23/h1-8,10,16,27H,9,11-15,17-18H2. The summed E-state index contributed by atoms with van der Waals surface area (Å²) >= 11 is 0. The van der Waals surface area contributed by atoms with E-state index in [1.54, 1.807) is 0 Å². The third kappa shape index (κ3) is 3.76. The molecule has 0 unspecified atom stereocenters. The van der Waals surface area contributed by atoms with Crippen molar-refractivity contribution in [1.82, 2.24) is 19.9 Å². The Hall–Kier alpha value is -3.22. The molecule has 6 heteroatoms. The highest BCUT2D eigenvalue weighted by molar-refractivity contribution is 5.94. The average molecular weight is 426 g/mol. The van der Waals surface area contributed by atoms with Crippen LogP contribution in [0.25, 0.3) is 22.2 Å². The molecular weight excluding hydrogens is 398 g/mol. The van der Waals surface area contributed by atoms with Gasteiger partial charge in [0.25, 0.3) is 0 Å². The molecule has 1 N–H and O–H groups in total. The monoisotopic (exact) mass is 425 g/mol. The number of hydrogen-bond acceptors (Lipinski definition) is 5. The van der Waals surface area contributed by atoms with Crippen LogP contribution in [0.5, 0.6) is 0 Å². The Morgan fingerprint density at radius 1 is 0.906 bits per heavy atom. The fourth-order valence-electron chi connectivity index (χ4n) is 4.84. The molecule has 0 saturated carbocycles. The van der Waals surface area contributed by atoms with Crippen molar-refractivity contribution in [3.8, 4) is 11.3 Å². The zero-order valence-electron chi connectivity index (χ0n) is 18.1. The Morgan fingerprint density at radius 3 is 2.69 bits per heavy atom. The van der Waals surface area contributed by atoms with Gasteiger partial charge in [0, 0.05) is 54.9 Å². The molecule has 0 atom stereocenters. The summed E-state index contributed by atoms with van der Waals surface area (Å²) in [7, 11) is 0. The van der Waals surface area contributed by atoms with Crippen LogP contribution in [0.1, 0.15) is 17.0 Å². The first-order chi connectivity index (χ1) is 15.8. The largest absolute Gasteiger partial charge is 0.378 e. The van der Waals surface area contributed by atoms with Crippen LogP contribution in [0.15, 0.2) is 60.8 Å². The summed E-state index contributed by atoms with van der Waals surface area (Å²) < 4.78 is 5.57. The Kier molecular flexibility index (Phi) is 5.09. The summed E-state index contributed by atoms with van der Waals surface area (Å²) in [4.78, 5) is 18.2. The molecule has 6 nitrogen and oxygen atoms in total. The van der Waals surface area contributed by atoms with Gasteiger partial charge >= 0.3 is 0 Å². The van der Waals surface area contributed by atoms with Crippen LogP contribution in [0.2, 0.25) is 0 Å². The van der Waals surface area contributed by atoms with Crippen molar-refractivity contribution in [2.24, 2.45) is 0 Å². The van der Waals surface area contributed by atoms with Gasteiger partial charge in [0.15, 0.2) is 0 Å². The van der Waals surface area contributed by atoms with Crippen molar-refractivity contribution in [3.05, 3.63) is 77.7 Å². The number of aromatic amines is 1. The summed E-state index contributed by atoms with van der Waals surface area (Å²) in [5.74, 6) is 1.88. The Bertz CT molecular complexity index is 1240. The van der Waals surface area contributed by atoms with E-state index in [1.807, 2.05) is 6.20 Å². The van der Waals surface area contributed by atoms with Gasteiger partial charge < -0.3 is 14.6 Å². The van der Waals surface area contributed by atoms with Gasteiger partial charge in [-0.1, -0.05) is 36.4 Å². The molecule has 1 saturated heterocycles. The number of morpholine rings is 1. The molecule has 0 amide bonds. The lowest BCUT2D eigenvalue weighted by Gasteiger charge is -2.30. The van der Waals surface area contributed by atoms with Crippen molar-refractivity contribution in [3.63, 3.8) is 0 Å². The molecule has 2 aromatic heterocycles. The molecule has 2 aliphatic heterocycles. The second-order valence-corrected chi connectivity index (χ2v) is 8.60. The first-order valence-electron chi connectivity index (χ1n) is 11.4. The zero-order valence-corrected chi connectivity index (χ0v) is 18.1. The van der Waals surface area contributed by atoms with Gasteiger partial charge in [0.05, 0.1) is 25.5 Å². The molecule has 32 heavy (non-hydrogen) atoms. The van der Waals surface area contributed by atoms with Gasteiger partial charge in [-0.2, -0.15) is 0 Å².